The summed E-state index contributed by atoms with van der Waals surface area (Å²) in [6, 6.07) is 0. The van der Waals surface area contributed by atoms with E-state index in [1.165, 1.54) is 38.5 Å². The molecule has 0 bridgehead atoms. The minimum absolute atomic E-state index is 0.103. The lowest BCUT2D eigenvalue weighted by Gasteiger charge is -2.21. The van der Waals surface area contributed by atoms with Crippen LogP contribution >= 0.6 is 15.6 Å². The Hall–Kier alpha value is -3.79. The third-order valence-electron chi connectivity index (χ3n) is 14.0. The topological polar surface area (TPSA) is 231 Å². The van der Waals surface area contributed by atoms with Crippen molar-refractivity contribution in [3.05, 3.63) is 109 Å². The number of hydrogen-bond donors (Lipinski definition) is 4. The number of carbonyl (C=O) groups is 3. The fourth-order valence-electron chi connectivity index (χ4n) is 8.82. The Morgan fingerprint density at radius 2 is 0.596 bits per heavy atom. The second kappa shape index (κ2) is 64.3. The molecule has 0 spiro atoms. The Kier molecular flexibility index (Phi) is 61.6. The van der Waals surface area contributed by atoms with Crippen molar-refractivity contribution in [3.8, 4) is 0 Å². The maximum absolute atomic E-state index is 12.9. The first kappa shape index (κ1) is 85.2. The van der Waals surface area contributed by atoms with Gasteiger partial charge in [-0.1, -0.05) is 252 Å². The second-order valence-electron chi connectivity index (χ2n) is 22.6. The Morgan fingerprint density at radius 3 is 0.944 bits per heavy atom. The number of aliphatic hydroxyl groups is 2. The van der Waals surface area contributed by atoms with Crippen LogP contribution in [0.15, 0.2) is 109 Å². The summed E-state index contributed by atoms with van der Waals surface area (Å²) in [7, 11) is -9.77. The summed E-state index contributed by atoms with van der Waals surface area (Å²) in [5.41, 5.74) is 0. The van der Waals surface area contributed by atoms with Crippen LogP contribution in [-0.2, 0) is 55.8 Å². The van der Waals surface area contributed by atoms with E-state index in [-0.39, 0.29) is 19.3 Å². The Morgan fingerprint density at radius 1 is 0.326 bits per heavy atom. The zero-order valence-electron chi connectivity index (χ0n) is 55.3. The molecule has 89 heavy (non-hydrogen) atoms. The van der Waals surface area contributed by atoms with Crippen LogP contribution in [0.4, 0.5) is 0 Å². The van der Waals surface area contributed by atoms with Crippen LogP contribution in [0.5, 0.6) is 0 Å². The number of allylic oxidation sites excluding steroid dienone is 18. The van der Waals surface area contributed by atoms with E-state index in [1.807, 2.05) is 0 Å². The maximum atomic E-state index is 12.9. The number of hydrogen-bond acceptors (Lipinski definition) is 14. The van der Waals surface area contributed by atoms with Crippen molar-refractivity contribution in [1.82, 2.24) is 0 Å². The first-order chi connectivity index (χ1) is 43.2. The lowest BCUT2D eigenvalue weighted by molar-refractivity contribution is -0.161. The molecule has 0 fully saturated rings. The molecule has 5 atom stereocenters. The predicted molar refractivity (Wildman–Crippen MR) is 362 cm³/mol. The fourth-order valence-corrected chi connectivity index (χ4v) is 10.4. The highest BCUT2D eigenvalue weighted by atomic mass is 31.2. The van der Waals surface area contributed by atoms with Gasteiger partial charge in [0.05, 0.1) is 26.4 Å². The molecule has 4 N–H and O–H groups in total. The lowest BCUT2D eigenvalue weighted by atomic mass is 10.1. The van der Waals surface area contributed by atoms with E-state index in [0.717, 1.165) is 167 Å². The molecule has 512 valence electrons. The van der Waals surface area contributed by atoms with Gasteiger partial charge in [0.1, 0.15) is 25.4 Å². The molecule has 0 aliphatic carbocycles. The zero-order valence-corrected chi connectivity index (χ0v) is 57.1. The molecule has 0 amide bonds. The SMILES string of the molecule is CC/C=C\C/C=C\C/C=C\C/C=C\C/C=C\C/C=C\CCCCCCCCC(=O)OCC(O)COP(=O)(O)OCC(O)COP(=O)(O)OCC(COC(=O)CCCCCCCCC/C=C\C/C=C\C/C=C\CC)OC(=O)CCCCCCCCCCCCC. The largest absolute Gasteiger partial charge is 0.472 e. The van der Waals surface area contributed by atoms with Gasteiger partial charge in [-0.05, 0) is 103 Å². The Balaban J connectivity index is 4.54. The van der Waals surface area contributed by atoms with E-state index in [4.69, 9.17) is 32.3 Å². The highest BCUT2D eigenvalue weighted by molar-refractivity contribution is 7.47. The van der Waals surface area contributed by atoms with Crippen molar-refractivity contribution in [3.63, 3.8) is 0 Å². The van der Waals surface area contributed by atoms with Crippen molar-refractivity contribution in [1.29, 1.82) is 0 Å². The molecule has 0 saturated heterocycles. The number of carbonyl (C=O) groups excluding carboxylic acids is 3. The van der Waals surface area contributed by atoms with E-state index < -0.39 is 91.5 Å². The van der Waals surface area contributed by atoms with E-state index in [9.17, 15) is 43.5 Å². The van der Waals surface area contributed by atoms with Crippen molar-refractivity contribution in [2.45, 2.75) is 283 Å². The lowest BCUT2D eigenvalue weighted by Crippen LogP contribution is -2.30. The summed E-state index contributed by atoms with van der Waals surface area (Å²) in [6.07, 6.45) is 71.5. The maximum Gasteiger partial charge on any atom is 0.472 e. The van der Waals surface area contributed by atoms with E-state index >= 15 is 0 Å². The molecule has 5 unspecified atom stereocenters. The summed E-state index contributed by atoms with van der Waals surface area (Å²) < 4.78 is 60.8. The van der Waals surface area contributed by atoms with Crippen molar-refractivity contribution in [2.24, 2.45) is 0 Å². The van der Waals surface area contributed by atoms with Gasteiger partial charge in [0.2, 0.25) is 0 Å². The van der Waals surface area contributed by atoms with Gasteiger partial charge in [-0.2, -0.15) is 0 Å². The number of aliphatic hydroxyl groups excluding tert-OH is 2. The quantitative estimate of drug-likeness (QED) is 0.0146. The smallest absolute Gasteiger partial charge is 0.463 e. The molecular formula is C71H122O16P2. The molecule has 0 aliphatic rings. The molecule has 18 heteroatoms. The third kappa shape index (κ3) is 65.5. The average Bonchev–Trinajstić information content (AvgIpc) is 3.52. The van der Waals surface area contributed by atoms with Crippen LogP contribution in [0.1, 0.15) is 265 Å². The van der Waals surface area contributed by atoms with Gasteiger partial charge in [-0.25, -0.2) is 9.13 Å². The standard InChI is InChI=1S/C71H122O16P2/c1-4-7-10-13-16-19-22-24-26-28-29-30-31-32-33-34-35-37-39-40-43-45-48-51-54-57-69(74)81-60-66(72)61-83-88(77,78)84-62-67(73)63-85-89(79,80)86-65-68(87-71(76)59-56-53-50-47-42-21-18-15-12-9-6-3)64-82-70(75)58-55-52-49-46-44-41-38-36-27-25-23-20-17-14-11-8-5-2/h7-8,10-11,16-17,19-20,24-27,29-30,32-33,35,37,66-68,72-73H,4-6,9,12-15,18,21-23,28,31,34,36,38-65H2,1-3H3,(H,77,78)(H,79,80)/b10-7-,11-8-,19-16-,20-17-,26-24-,27-25-,30-29-,33-32-,37-35-. The second-order valence-corrected chi connectivity index (χ2v) is 25.5. The molecule has 0 saturated carbocycles. The van der Waals surface area contributed by atoms with Gasteiger partial charge in [-0.3, -0.25) is 32.5 Å². The van der Waals surface area contributed by atoms with E-state index in [0.29, 0.717) is 19.3 Å². The Labute approximate surface area is 539 Å². The number of esters is 3. The molecule has 0 rings (SSSR count). The summed E-state index contributed by atoms with van der Waals surface area (Å²) >= 11 is 0. The van der Waals surface area contributed by atoms with Gasteiger partial charge in [0, 0.05) is 19.3 Å². The molecule has 0 aromatic rings. The van der Waals surface area contributed by atoms with Crippen LogP contribution in [0.3, 0.4) is 0 Å². The van der Waals surface area contributed by atoms with Crippen LogP contribution in [-0.4, -0.2) is 95.9 Å². The number of rotatable bonds is 64. The molecule has 0 aliphatic heterocycles. The summed E-state index contributed by atoms with van der Waals surface area (Å²) in [5.74, 6) is -1.60. The highest BCUT2D eigenvalue weighted by Gasteiger charge is 2.29. The van der Waals surface area contributed by atoms with Crippen LogP contribution in [0, 0.1) is 0 Å². The number of unbranched alkanes of at least 4 members (excludes halogenated alkanes) is 23. The molecule has 0 heterocycles. The van der Waals surface area contributed by atoms with Gasteiger partial charge >= 0.3 is 33.6 Å². The van der Waals surface area contributed by atoms with Crippen LogP contribution in [0.25, 0.3) is 0 Å². The van der Waals surface area contributed by atoms with Gasteiger partial charge in [0.25, 0.3) is 0 Å². The molecule has 0 aromatic carbocycles. The average molecular weight is 1290 g/mol. The minimum Gasteiger partial charge on any atom is -0.463 e. The van der Waals surface area contributed by atoms with Crippen LogP contribution < -0.4 is 0 Å². The van der Waals surface area contributed by atoms with Crippen molar-refractivity contribution < 1.29 is 75.8 Å². The normalized spacial score (nSPS) is 14.9. The summed E-state index contributed by atoms with van der Waals surface area (Å²) in [5, 5.41) is 20.5. The van der Waals surface area contributed by atoms with Crippen molar-refractivity contribution in [2.75, 3.05) is 39.6 Å². The van der Waals surface area contributed by atoms with Crippen LogP contribution in [0.2, 0.25) is 0 Å². The molecular weight excluding hydrogens is 1170 g/mol. The number of phosphoric ester groups is 2. The Bertz CT molecular complexity index is 2060. The number of ether oxygens (including phenoxy) is 3. The fraction of sp³-hybridized carbons (Fsp3) is 0.704. The monoisotopic (exact) mass is 1290 g/mol. The van der Waals surface area contributed by atoms with E-state index in [2.05, 4.69) is 130 Å². The number of phosphoric acid groups is 2. The van der Waals surface area contributed by atoms with Gasteiger partial charge in [-0.15, -0.1) is 0 Å². The van der Waals surface area contributed by atoms with Gasteiger partial charge in [0.15, 0.2) is 6.10 Å². The molecule has 0 aromatic heterocycles. The first-order valence-corrected chi connectivity index (χ1v) is 37.2. The zero-order chi connectivity index (χ0) is 65.3. The van der Waals surface area contributed by atoms with Crippen molar-refractivity contribution >= 4 is 33.6 Å². The molecule has 16 nitrogen and oxygen atoms in total. The summed E-state index contributed by atoms with van der Waals surface area (Å²) in [6.45, 7) is 2.40. The summed E-state index contributed by atoms with van der Waals surface area (Å²) in [4.78, 5) is 58.3. The predicted octanol–water partition coefficient (Wildman–Crippen LogP) is 18.9. The third-order valence-corrected chi connectivity index (χ3v) is 15.9. The first-order valence-electron chi connectivity index (χ1n) is 34.2. The molecule has 0 radical (unpaired) electrons. The van der Waals surface area contributed by atoms with Gasteiger partial charge < -0.3 is 34.2 Å². The minimum atomic E-state index is -4.92. The highest BCUT2D eigenvalue weighted by Crippen LogP contribution is 2.45. The van der Waals surface area contributed by atoms with E-state index in [1.54, 1.807) is 0 Å².